The van der Waals surface area contributed by atoms with Gasteiger partial charge in [-0.2, -0.15) is 14.7 Å². The molecule has 1 unspecified atom stereocenters. The molecule has 212 valence electrons. The third kappa shape index (κ3) is 6.21. The number of anilines is 1. The first-order chi connectivity index (χ1) is 19.2. The fraction of sp³-hybridized carbons (Fsp3) is 0.448. The smallest absolute Gasteiger partial charge is 0.211 e. The Morgan fingerprint density at radius 2 is 1.85 bits per heavy atom. The van der Waals surface area contributed by atoms with Gasteiger partial charge in [-0.1, -0.05) is 46.9 Å². The van der Waals surface area contributed by atoms with Crippen LogP contribution in [0.4, 0.5) is 5.69 Å². The number of nitriles is 1. The fourth-order valence-electron chi connectivity index (χ4n) is 5.70. The number of rotatable bonds is 8. The first-order valence-electron chi connectivity index (χ1n) is 13.5. The lowest BCUT2D eigenvalue weighted by molar-refractivity contribution is 0.0911. The molecule has 11 heteroatoms. The Labute approximate surface area is 250 Å². The number of halogens is 1. The van der Waals surface area contributed by atoms with E-state index in [2.05, 4.69) is 63.6 Å². The predicted octanol–water partition coefficient (Wildman–Crippen LogP) is 3.17. The van der Waals surface area contributed by atoms with Crippen molar-refractivity contribution in [3.8, 4) is 17.3 Å². The van der Waals surface area contributed by atoms with Gasteiger partial charge in [-0.3, -0.25) is 9.58 Å². The van der Waals surface area contributed by atoms with Crippen LogP contribution in [0, 0.1) is 18.3 Å². The lowest BCUT2D eigenvalue weighted by Gasteiger charge is -2.37. The van der Waals surface area contributed by atoms with Crippen LogP contribution in [-0.4, -0.2) is 84.1 Å². The van der Waals surface area contributed by atoms with Crippen molar-refractivity contribution < 1.29 is 13.5 Å². The standard InChI is InChI=1S/C29H35IN6O3S/c1-21-15-22(7-8-23(21)16-30)29-26-20-35(40(2,38)39)10-9-28(26)36(32-29)19-25(37)18-33-11-13-34(14-12-33)27-6-4-3-5-24(27)17-31/h3-8,15,25,37H,9-14,16,18-20H2,1-2H3. The van der Waals surface area contributed by atoms with Gasteiger partial charge in [0.1, 0.15) is 6.07 Å². The molecule has 1 fully saturated rings. The van der Waals surface area contributed by atoms with E-state index in [-0.39, 0.29) is 0 Å². The minimum Gasteiger partial charge on any atom is -0.390 e. The molecular weight excluding hydrogens is 639 g/mol. The molecule has 2 aliphatic heterocycles. The van der Waals surface area contributed by atoms with Gasteiger partial charge in [-0.05, 0) is 36.2 Å². The van der Waals surface area contributed by atoms with Crippen molar-refractivity contribution in [3.63, 3.8) is 0 Å². The van der Waals surface area contributed by atoms with E-state index in [4.69, 9.17) is 5.10 Å². The van der Waals surface area contributed by atoms with Crippen molar-refractivity contribution in [1.82, 2.24) is 19.0 Å². The summed E-state index contributed by atoms with van der Waals surface area (Å²) in [5.41, 5.74) is 7.79. The normalized spacial score (nSPS) is 17.4. The third-order valence-corrected chi connectivity index (χ3v) is 9.99. The van der Waals surface area contributed by atoms with Crippen molar-refractivity contribution >= 4 is 38.3 Å². The zero-order valence-corrected chi connectivity index (χ0v) is 25.9. The fourth-order valence-corrected chi connectivity index (χ4v) is 7.34. The first kappa shape index (κ1) is 29.0. The molecule has 0 aliphatic carbocycles. The van der Waals surface area contributed by atoms with Crippen LogP contribution in [0.2, 0.25) is 0 Å². The van der Waals surface area contributed by atoms with Gasteiger partial charge in [0.25, 0.3) is 0 Å². The highest BCUT2D eigenvalue weighted by atomic mass is 127. The minimum atomic E-state index is -3.33. The quantitative estimate of drug-likeness (QED) is 0.289. The minimum absolute atomic E-state index is 0.290. The maximum atomic E-state index is 12.4. The zero-order valence-electron chi connectivity index (χ0n) is 22.9. The summed E-state index contributed by atoms with van der Waals surface area (Å²) in [5, 5.41) is 25.5. The SMILES string of the molecule is Cc1cc(-c2nn(CC(O)CN3CCN(c4ccccc4C#N)CC3)c3c2CN(S(C)(=O)=O)CC3)ccc1CI. The van der Waals surface area contributed by atoms with E-state index in [1.165, 1.54) is 21.7 Å². The van der Waals surface area contributed by atoms with Gasteiger partial charge in [-0.25, -0.2) is 8.42 Å². The molecule has 9 nitrogen and oxygen atoms in total. The second-order valence-corrected chi connectivity index (χ2v) is 13.4. The van der Waals surface area contributed by atoms with E-state index in [9.17, 15) is 18.8 Å². The van der Waals surface area contributed by atoms with Crippen LogP contribution >= 0.6 is 22.6 Å². The summed E-state index contributed by atoms with van der Waals surface area (Å²) >= 11 is 2.36. The van der Waals surface area contributed by atoms with Crippen LogP contribution in [0.25, 0.3) is 11.3 Å². The Morgan fingerprint density at radius 3 is 2.52 bits per heavy atom. The molecule has 0 radical (unpaired) electrons. The lowest BCUT2D eigenvalue weighted by Crippen LogP contribution is -2.49. The number of aromatic nitrogens is 2. The summed E-state index contributed by atoms with van der Waals surface area (Å²) in [6.07, 6.45) is 1.19. The Hall–Kier alpha value is -2.50. The molecule has 2 aliphatic rings. The summed E-state index contributed by atoms with van der Waals surface area (Å²) in [7, 11) is -3.33. The number of hydrogen-bond donors (Lipinski definition) is 1. The van der Waals surface area contributed by atoms with Gasteiger partial charge in [0, 0.05) is 73.5 Å². The molecule has 1 aromatic heterocycles. The number of nitrogens with zero attached hydrogens (tertiary/aromatic N) is 6. The highest BCUT2D eigenvalue weighted by Crippen LogP contribution is 2.32. The monoisotopic (exact) mass is 674 g/mol. The Morgan fingerprint density at radius 1 is 1.10 bits per heavy atom. The number of aliphatic hydroxyl groups is 1. The van der Waals surface area contributed by atoms with Crippen molar-refractivity contribution in [2.75, 3.05) is 50.4 Å². The Bertz CT molecular complexity index is 1520. The van der Waals surface area contributed by atoms with E-state index in [0.717, 1.165) is 58.8 Å². The molecule has 3 aromatic rings. The highest BCUT2D eigenvalue weighted by Gasteiger charge is 2.31. The number of alkyl halides is 1. The maximum Gasteiger partial charge on any atom is 0.211 e. The van der Waals surface area contributed by atoms with Crippen LogP contribution < -0.4 is 4.90 Å². The molecule has 5 rings (SSSR count). The number of aryl methyl sites for hydroxylation is 1. The van der Waals surface area contributed by atoms with E-state index in [1.807, 2.05) is 28.9 Å². The summed E-state index contributed by atoms with van der Waals surface area (Å²) < 4.78 is 29.1. The molecule has 1 atom stereocenters. The van der Waals surface area contributed by atoms with Crippen LogP contribution in [0.3, 0.4) is 0 Å². The maximum absolute atomic E-state index is 12.4. The third-order valence-electron chi connectivity index (χ3n) is 7.92. The Kier molecular flexibility index (Phi) is 8.82. The number of para-hydroxylation sites is 1. The second-order valence-electron chi connectivity index (χ2n) is 10.6. The first-order valence-corrected chi connectivity index (χ1v) is 16.9. The van der Waals surface area contributed by atoms with Crippen molar-refractivity contribution in [2.24, 2.45) is 0 Å². The molecular formula is C29H35IN6O3S. The molecule has 0 spiro atoms. The number of piperazine rings is 1. The Balaban J connectivity index is 1.31. The number of hydrogen-bond acceptors (Lipinski definition) is 7. The lowest BCUT2D eigenvalue weighted by atomic mass is 9.99. The van der Waals surface area contributed by atoms with Gasteiger partial charge in [-0.15, -0.1) is 0 Å². The number of benzene rings is 2. The summed E-state index contributed by atoms with van der Waals surface area (Å²) in [6, 6.07) is 16.3. The molecule has 1 saturated heterocycles. The van der Waals surface area contributed by atoms with Crippen LogP contribution in [0.5, 0.6) is 0 Å². The van der Waals surface area contributed by atoms with Gasteiger partial charge in [0.05, 0.1) is 35.8 Å². The topological polar surface area (TPSA) is 106 Å². The van der Waals surface area contributed by atoms with Crippen LogP contribution in [-0.2, 0) is 34.0 Å². The summed E-state index contributed by atoms with van der Waals surface area (Å²) in [6.45, 7) is 6.84. The summed E-state index contributed by atoms with van der Waals surface area (Å²) in [4.78, 5) is 4.49. The average molecular weight is 675 g/mol. The van der Waals surface area contributed by atoms with Gasteiger partial charge in [0.2, 0.25) is 10.0 Å². The largest absolute Gasteiger partial charge is 0.390 e. The zero-order chi connectivity index (χ0) is 28.4. The van der Waals surface area contributed by atoms with Gasteiger partial charge in [0.15, 0.2) is 0 Å². The summed E-state index contributed by atoms with van der Waals surface area (Å²) in [5.74, 6) is 0. The molecule has 3 heterocycles. The van der Waals surface area contributed by atoms with Crippen molar-refractivity contribution in [1.29, 1.82) is 5.26 Å². The molecule has 0 bridgehead atoms. The molecule has 0 amide bonds. The number of aliphatic hydroxyl groups excluding tert-OH is 1. The molecule has 0 saturated carbocycles. The number of sulfonamides is 1. The van der Waals surface area contributed by atoms with Gasteiger partial charge >= 0.3 is 0 Å². The number of fused-ring (bicyclic) bond motifs is 1. The number of β-amino-alcohol motifs (C(OH)–C–C–N with tert-alkyl or cyclic N) is 1. The van der Waals surface area contributed by atoms with E-state index < -0.39 is 16.1 Å². The van der Waals surface area contributed by atoms with Crippen molar-refractivity contribution in [2.45, 2.75) is 37.0 Å². The van der Waals surface area contributed by atoms with Crippen LogP contribution in [0.15, 0.2) is 42.5 Å². The van der Waals surface area contributed by atoms with E-state index >= 15 is 0 Å². The van der Waals surface area contributed by atoms with Gasteiger partial charge < -0.3 is 10.0 Å². The molecule has 40 heavy (non-hydrogen) atoms. The van der Waals surface area contributed by atoms with Crippen molar-refractivity contribution in [3.05, 3.63) is 70.4 Å². The predicted molar refractivity (Wildman–Crippen MR) is 165 cm³/mol. The second kappa shape index (κ2) is 12.2. The highest BCUT2D eigenvalue weighted by molar-refractivity contribution is 14.1. The van der Waals surface area contributed by atoms with E-state index in [1.54, 1.807) is 0 Å². The van der Waals surface area contributed by atoms with Crippen LogP contribution in [0.1, 0.15) is 27.9 Å². The average Bonchev–Trinajstić information content (AvgIpc) is 3.30. The molecule has 2 aromatic carbocycles. The van der Waals surface area contributed by atoms with E-state index in [0.29, 0.717) is 38.2 Å². The molecule has 1 N–H and O–H groups in total.